The van der Waals surface area contributed by atoms with E-state index in [0.29, 0.717) is 22.7 Å². The lowest BCUT2D eigenvalue weighted by molar-refractivity contribution is -0.116. The van der Waals surface area contributed by atoms with Crippen molar-refractivity contribution in [1.29, 1.82) is 5.26 Å². The summed E-state index contributed by atoms with van der Waals surface area (Å²) in [5.74, 6) is 0.371. The Bertz CT molecular complexity index is 940. The van der Waals surface area contributed by atoms with E-state index in [1.807, 2.05) is 18.2 Å². The van der Waals surface area contributed by atoms with Crippen molar-refractivity contribution in [2.75, 3.05) is 10.6 Å². The number of benzene rings is 2. The second kappa shape index (κ2) is 6.42. The number of carbonyl (C=O) groups excluding carboxylic acids is 1. The molecule has 6 heteroatoms. The molecule has 0 aliphatic heterocycles. The Hall–Kier alpha value is -3.33. The van der Waals surface area contributed by atoms with Crippen molar-refractivity contribution < 1.29 is 9.21 Å². The highest BCUT2D eigenvalue weighted by atomic mass is 16.3. The first-order valence-corrected chi connectivity index (χ1v) is 7.50. The number of para-hydroxylation sites is 1. The van der Waals surface area contributed by atoms with E-state index in [4.69, 9.17) is 9.68 Å². The quantitative estimate of drug-likeness (QED) is 0.768. The highest BCUT2D eigenvalue weighted by Gasteiger charge is 2.15. The monoisotopic (exact) mass is 320 g/mol. The van der Waals surface area contributed by atoms with Crippen LogP contribution in [0.5, 0.6) is 0 Å². The number of rotatable bonds is 4. The van der Waals surface area contributed by atoms with Gasteiger partial charge in [0.1, 0.15) is 17.6 Å². The van der Waals surface area contributed by atoms with Gasteiger partial charge >= 0.3 is 0 Å². The number of amides is 1. The van der Waals surface area contributed by atoms with Crippen LogP contribution >= 0.6 is 0 Å². The topological polar surface area (TPSA) is 91.0 Å². The van der Waals surface area contributed by atoms with Gasteiger partial charge in [0.25, 0.3) is 0 Å². The van der Waals surface area contributed by atoms with Crippen LogP contribution in [-0.4, -0.2) is 16.9 Å². The van der Waals surface area contributed by atoms with Crippen molar-refractivity contribution in [2.45, 2.75) is 19.9 Å². The molecule has 3 aromatic rings. The van der Waals surface area contributed by atoms with Gasteiger partial charge < -0.3 is 15.1 Å². The first-order valence-electron chi connectivity index (χ1n) is 7.50. The van der Waals surface area contributed by atoms with Crippen LogP contribution < -0.4 is 10.6 Å². The molecule has 24 heavy (non-hydrogen) atoms. The average molecular weight is 320 g/mol. The van der Waals surface area contributed by atoms with Crippen LogP contribution in [0.3, 0.4) is 0 Å². The Morgan fingerprint density at radius 1 is 1.29 bits per heavy atom. The molecule has 1 atom stereocenters. The highest BCUT2D eigenvalue weighted by molar-refractivity contribution is 5.97. The van der Waals surface area contributed by atoms with Gasteiger partial charge in [0.2, 0.25) is 5.91 Å². The summed E-state index contributed by atoms with van der Waals surface area (Å²) in [6.07, 6.45) is 0. The molecule has 0 saturated heterocycles. The molecule has 0 aliphatic carbocycles. The van der Waals surface area contributed by atoms with E-state index >= 15 is 0 Å². The van der Waals surface area contributed by atoms with Crippen LogP contribution in [-0.2, 0) is 4.79 Å². The van der Waals surface area contributed by atoms with E-state index in [0.717, 1.165) is 11.2 Å². The van der Waals surface area contributed by atoms with Crippen LogP contribution in [0.2, 0.25) is 0 Å². The maximum atomic E-state index is 12.3. The molecule has 1 heterocycles. The summed E-state index contributed by atoms with van der Waals surface area (Å²) < 4.78 is 5.43. The molecule has 0 spiro atoms. The normalized spacial score (nSPS) is 11.7. The fourth-order valence-electron chi connectivity index (χ4n) is 2.38. The fourth-order valence-corrected chi connectivity index (χ4v) is 2.38. The minimum atomic E-state index is -0.484. The van der Waals surface area contributed by atoms with Crippen LogP contribution in [0.25, 0.3) is 11.1 Å². The molecule has 1 aromatic heterocycles. The largest absolute Gasteiger partial charge is 0.441 e. The number of aromatic nitrogens is 1. The summed E-state index contributed by atoms with van der Waals surface area (Å²) in [6, 6.07) is 13.9. The zero-order chi connectivity index (χ0) is 17.1. The van der Waals surface area contributed by atoms with E-state index < -0.39 is 6.04 Å². The smallest absolute Gasteiger partial charge is 0.246 e. The number of aryl methyl sites for hydroxylation is 1. The molecule has 120 valence electrons. The van der Waals surface area contributed by atoms with Gasteiger partial charge in [0.05, 0.1) is 11.3 Å². The summed E-state index contributed by atoms with van der Waals surface area (Å²) >= 11 is 0. The van der Waals surface area contributed by atoms with Gasteiger partial charge in [-0.2, -0.15) is 5.26 Å². The van der Waals surface area contributed by atoms with Crippen molar-refractivity contribution in [3.63, 3.8) is 0 Å². The number of anilines is 2. The molecule has 0 aliphatic rings. The molecule has 6 nitrogen and oxygen atoms in total. The predicted molar refractivity (Wildman–Crippen MR) is 91.6 cm³/mol. The van der Waals surface area contributed by atoms with Gasteiger partial charge in [-0.3, -0.25) is 4.79 Å². The number of hydrogen-bond donors (Lipinski definition) is 2. The molecule has 1 amide bonds. The van der Waals surface area contributed by atoms with Gasteiger partial charge in [0, 0.05) is 12.6 Å². The summed E-state index contributed by atoms with van der Waals surface area (Å²) in [4.78, 5) is 16.6. The third-order valence-electron chi connectivity index (χ3n) is 3.58. The number of carbonyl (C=O) groups is 1. The Morgan fingerprint density at radius 2 is 2.08 bits per heavy atom. The third-order valence-corrected chi connectivity index (χ3v) is 3.58. The molecule has 0 saturated carbocycles. The summed E-state index contributed by atoms with van der Waals surface area (Å²) in [7, 11) is 0. The van der Waals surface area contributed by atoms with E-state index in [-0.39, 0.29) is 5.91 Å². The SMILES string of the molecule is Cc1nc2cc(N[C@H](C)C(=O)Nc3ccccc3C#N)ccc2o1. The summed E-state index contributed by atoms with van der Waals surface area (Å²) in [5, 5.41) is 15.0. The Morgan fingerprint density at radius 3 is 2.88 bits per heavy atom. The Labute approximate surface area is 139 Å². The van der Waals surface area contributed by atoms with Crippen molar-refractivity contribution in [3.8, 4) is 6.07 Å². The lowest BCUT2D eigenvalue weighted by Gasteiger charge is -2.15. The first-order chi connectivity index (χ1) is 11.6. The number of oxazole rings is 1. The summed E-state index contributed by atoms with van der Waals surface area (Å²) in [5.41, 5.74) is 3.14. The van der Waals surface area contributed by atoms with Crippen LogP contribution in [0, 0.1) is 18.3 Å². The van der Waals surface area contributed by atoms with Crippen LogP contribution in [0.15, 0.2) is 46.9 Å². The maximum Gasteiger partial charge on any atom is 0.246 e. The van der Waals surface area contributed by atoms with Crippen LogP contribution in [0.1, 0.15) is 18.4 Å². The minimum Gasteiger partial charge on any atom is -0.441 e. The average Bonchev–Trinajstić information content (AvgIpc) is 2.94. The molecular formula is C18H16N4O2. The molecule has 2 aromatic carbocycles. The minimum absolute atomic E-state index is 0.228. The van der Waals surface area contributed by atoms with E-state index in [1.54, 1.807) is 38.1 Å². The molecule has 0 bridgehead atoms. The molecule has 2 N–H and O–H groups in total. The van der Waals surface area contributed by atoms with E-state index in [2.05, 4.69) is 21.7 Å². The van der Waals surface area contributed by atoms with Gasteiger partial charge in [-0.05, 0) is 37.3 Å². The lowest BCUT2D eigenvalue weighted by Crippen LogP contribution is -2.32. The van der Waals surface area contributed by atoms with E-state index in [1.165, 1.54) is 0 Å². The van der Waals surface area contributed by atoms with Crippen molar-refractivity contribution in [2.24, 2.45) is 0 Å². The lowest BCUT2D eigenvalue weighted by atomic mass is 10.2. The number of fused-ring (bicyclic) bond motifs is 1. The summed E-state index contributed by atoms with van der Waals surface area (Å²) in [6.45, 7) is 3.54. The van der Waals surface area contributed by atoms with E-state index in [9.17, 15) is 4.79 Å². The standard InChI is InChI=1S/C18H16N4O2/c1-11(18(23)22-15-6-4-3-5-13(15)10-19)20-14-7-8-17-16(9-14)21-12(2)24-17/h3-9,11,20H,1-2H3,(H,22,23)/t11-/m1/s1. The molecular weight excluding hydrogens is 304 g/mol. The second-order valence-corrected chi connectivity index (χ2v) is 5.43. The van der Waals surface area contributed by atoms with Crippen molar-refractivity contribution in [3.05, 3.63) is 53.9 Å². The Balaban J connectivity index is 1.72. The zero-order valence-electron chi connectivity index (χ0n) is 13.3. The number of nitrogens with zero attached hydrogens (tertiary/aromatic N) is 2. The molecule has 0 fully saturated rings. The molecule has 0 radical (unpaired) electrons. The number of nitriles is 1. The second-order valence-electron chi connectivity index (χ2n) is 5.43. The fraction of sp³-hybridized carbons (Fsp3) is 0.167. The van der Waals surface area contributed by atoms with Crippen LogP contribution in [0.4, 0.5) is 11.4 Å². The third kappa shape index (κ3) is 3.20. The molecule has 3 rings (SSSR count). The highest BCUT2D eigenvalue weighted by Crippen LogP contribution is 2.20. The van der Waals surface area contributed by atoms with Gasteiger partial charge in [-0.15, -0.1) is 0 Å². The van der Waals surface area contributed by atoms with Crippen molar-refractivity contribution >= 4 is 28.4 Å². The van der Waals surface area contributed by atoms with Crippen molar-refractivity contribution in [1.82, 2.24) is 4.98 Å². The molecule has 0 unspecified atom stereocenters. The maximum absolute atomic E-state index is 12.3. The predicted octanol–water partition coefficient (Wildman–Crippen LogP) is 3.45. The van der Waals surface area contributed by atoms with Gasteiger partial charge in [-0.25, -0.2) is 4.98 Å². The van der Waals surface area contributed by atoms with Gasteiger partial charge in [-0.1, -0.05) is 12.1 Å². The number of hydrogen-bond acceptors (Lipinski definition) is 5. The Kier molecular flexibility index (Phi) is 4.17. The number of nitrogens with one attached hydrogen (secondary N) is 2. The van der Waals surface area contributed by atoms with Gasteiger partial charge in [0.15, 0.2) is 11.5 Å². The first kappa shape index (κ1) is 15.6. The zero-order valence-corrected chi connectivity index (χ0v) is 13.3.